The van der Waals surface area contributed by atoms with Crippen LogP contribution in [-0.4, -0.2) is 12.1 Å². The molecule has 1 aliphatic rings. The van der Waals surface area contributed by atoms with Crippen molar-refractivity contribution in [3.63, 3.8) is 0 Å². The summed E-state index contributed by atoms with van der Waals surface area (Å²) >= 11 is 0. The quantitative estimate of drug-likeness (QED) is 0.772. The van der Waals surface area contributed by atoms with Gasteiger partial charge >= 0.3 is 6.03 Å². The lowest BCUT2D eigenvalue weighted by Gasteiger charge is -2.31. The Hall–Kier alpha value is -1.55. The first-order valence-corrected chi connectivity index (χ1v) is 8.01. The van der Waals surface area contributed by atoms with Gasteiger partial charge in [-0.15, -0.1) is 0 Å². The topological polar surface area (TPSA) is 67.2 Å². The lowest BCUT2D eigenvalue weighted by molar-refractivity contribution is 0.259. The molecular formula is C17H27N3O. The van der Waals surface area contributed by atoms with E-state index in [4.69, 9.17) is 5.73 Å². The molecule has 2 rings (SSSR count). The van der Waals surface area contributed by atoms with Crippen LogP contribution in [0.4, 0.5) is 10.5 Å². The van der Waals surface area contributed by atoms with Crippen LogP contribution in [0.3, 0.4) is 0 Å². The second-order valence-corrected chi connectivity index (χ2v) is 6.13. The number of hydrogen-bond acceptors (Lipinski definition) is 2. The van der Waals surface area contributed by atoms with Gasteiger partial charge in [-0.2, -0.15) is 0 Å². The molecule has 0 aromatic heterocycles. The minimum absolute atomic E-state index is 0.329. The number of carbonyl (C=O) groups is 1. The summed E-state index contributed by atoms with van der Waals surface area (Å²) in [5.74, 6) is 0.928. The van der Waals surface area contributed by atoms with Gasteiger partial charge in [-0.25, -0.2) is 4.79 Å². The smallest absolute Gasteiger partial charge is 0.316 e. The summed E-state index contributed by atoms with van der Waals surface area (Å²) in [5, 5.41) is 6.31. The Kier molecular flexibility index (Phi) is 5.62. The van der Waals surface area contributed by atoms with Crippen LogP contribution in [0.1, 0.15) is 57.6 Å². The molecule has 1 fully saturated rings. The summed E-state index contributed by atoms with van der Waals surface area (Å²) in [6.07, 6.45) is 6.58. The molecule has 0 heterocycles. The predicted octanol–water partition coefficient (Wildman–Crippen LogP) is 3.80. The summed E-state index contributed by atoms with van der Waals surface area (Å²) in [6.45, 7) is 4.49. The second-order valence-electron chi connectivity index (χ2n) is 6.13. The molecule has 1 unspecified atom stereocenters. The van der Waals surface area contributed by atoms with Gasteiger partial charge in [0.2, 0.25) is 0 Å². The first-order valence-electron chi connectivity index (χ1n) is 8.01. The van der Waals surface area contributed by atoms with Crippen LogP contribution in [-0.2, 0) is 0 Å². The van der Waals surface area contributed by atoms with Crippen molar-refractivity contribution < 1.29 is 4.79 Å². The standard InChI is InChI=1S/C17H27N3O/c1-3-13-4-8-15(9-5-13)19-12(2)14-6-10-16(11-7-14)20-17(18)21/h6-7,10-13,15,19H,3-5,8-9H2,1-2H3,(H3,18,20,21). The van der Waals surface area contributed by atoms with Gasteiger partial charge in [0.05, 0.1) is 0 Å². The molecule has 4 N–H and O–H groups in total. The van der Waals surface area contributed by atoms with Crippen molar-refractivity contribution >= 4 is 11.7 Å². The van der Waals surface area contributed by atoms with Crippen molar-refractivity contribution in [3.8, 4) is 0 Å². The normalized spacial score (nSPS) is 23.5. The molecule has 0 saturated heterocycles. The summed E-state index contributed by atoms with van der Waals surface area (Å²) < 4.78 is 0. The van der Waals surface area contributed by atoms with E-state index in [2.05, 4.69) is 24.5 Å². The van der Waals surface area contributed by atoms with Crippen molar-refractivity contribution in [3.05, 3.63) is 29.8 Å². The molecule has 1 saturated carbocycles. The van der Waals surface area contributed by atoms with Crippen LogP contribution in [0, 0.1) is 5.92 Å². The molecule has 0 radical (unpaired) electrons. The monoisotopic (exact) mass is 289 g/mol. The van der Waals surface area contributed by atoms with E-state index in [1.807, 2.05) is 24.3 Å². The third-order valence-electron chi connectivity index (χ3n) is 4.59. The van der Waals surface area contributed by atoms with Gasteiger partial charge in [0, 0.05) is 17.8 Å². The van der Waals surface area contributed by atoms with Gasteiger partial charge in [-0.3, -0.25) is 0 Å². The van der Waals surface area contributed by atoms with Crippen molar-refractivity contribution in [1.82, 2.24) is 5.32 Å². The van der Waals surface area contributed by atoms with Gasteiger partial charge in [0.1, 0.15) is 0 Å². The number of hydrogen-bond donors (Lipinski definition) is 3. The van der Waals surface area contributed by atoms with E-state index in [0.717, 1.165) is 11.6 Å². The van der Waals surface area contributed by atoms with E-state index in [1.165, 1.54) is 37.7 Å². The number of nitrogens with two attached hydrogens (primary N) is 1. The zero-order chi connectivity index (χ0) is 15.2. The number of primary amides is 1. The highest BCUT2D eigenvalue weighted by Crippen LogP contribution is 2.28. The Balaban J connectivity index is 1.85. The zero-order valence-electron chi connectivity index (χ0n) is 13.1. The third kappa shape index (κ3) is 4.74. The maximum atomic E-state index is 10.8. The fraction of sp³-hybridized carbons (Fsp3) is 0.588. The minimum atomic E-state index is -0.526. The molecular weight excluding hydrogens is 262 g/mol. The lowest BCUT2D eigenvalue weighted by atomic mass is 9.84. The molecule has 1 aromatic rings. The number of urea groups is 1. The van der Waals surface area contributed by atoms with Gasteiger partial charge in [-0.1, -0.05) is 25.5 Å². The van der Waals surface area contributed by atoms with Crippen molar-refractivity contribution in [1.29, 1.82) is 0 Å². The number of benzene rings is 1. The van der Waals surface area contributed by atoms with Gasteiger partial charge in [0.15, 0.2) is 0 Å². The van der Waals surface area contributed by atoms with Crippen molar-refractivity contribution in [2.75, 3.05) is 5.32 Å². The highest BCUT2D eigenvalue weighted by Gasteiger charge is 2.21. The third-order valence-corrected chi connectivity index (χ3v) is 4.59. The van der Waals surface area contributed by atoms with E-state index >= 15 is 0 Å². The second kappa shape index (κ2) is 7.46. The zero-order valence-corrected chi connectivity index (χ0v) is 13.1. The lowest BCUT2D eigenvalue weighted by Crippen LogP contribution is -2.34. The number of rotatable bonds is 5. The number of nitrogens with one attached hydrogen (secondary N) is 2. The number of carbonyl (C=O) groups excluding carboxylic acids is 1. The maximum absolute atomic E-state index is 10.8. The van der Waals surface area contributed by atoms with E-state index in [-0.39, 0.29) is 0 Å². The highest BCUT2D eigenvalue weighted by atomic mass is 16.2. The Morgan fingerprint density at radius 3 is 2.38 bits per heavy atom. The Labute approximate surface area is 127 Å². The molecule has 4 heteroatoms. The number of anilines is 1. The largest absolute Gasteiger partial charge is 0.351 e. The molecule has 2 amide bonds. The van der Waals surface area contributed by atoms with Crippen LogP contribution < -0.4 is 16.4 Å². The molecule has 116 valence electrons. The molecule has 0 aliphatic heterocycles. The molecule has 0 bridgehead atoms. The Bertz CT molecular complexity index is 450. The first kappa shape index (κ1) is 15.8. The van der Waals surface area contributed by atoms with Crippen LogP contribution in [0.2, 0.25) is 0 Å². The summed E-state index contributed by atoms with van der Waals surface area (Å²) in [4.78, 5) is 10.8. The van der Waals surface area contributed by atoms with Gasteiger partial charge < -0.3 is 16.4 Å². The SMILES string of the molecule is CCC1CCC(NC(C)c2ccc(NC(N)=O)cc2)CC1. The Morgan fingerprint density at radius 1 is 1.24 bits per heavy atom. The molecule has 21 heavy (non-hydrogen) atoms. The molecule has 1 aliphatic carbocycles. The highest BCUT2D eigenvalue weighted by molar-refractivity contribution is 5.87. The van der Waals surface area contributed by atoms with Gasteiger partial charge in [0.25, 0.3) is 0 Å². The summed E-state index contributed by atoms with van der Waals surface area (Å²) in [7, 11) is 0. The van der Waals surface area contributed by atoms with Crippen LogP contribution in [0.5, 0.6) is 0 Å². The summed E-state index contributed by atoms with van der Waals surface area (Å²) in [6, 6.07) is 8.31. The average molecular weight is 289 g/mol. The van der Waals surface area contributed by atoms with Crippen LogP contribution >= 0.6 is 0 Å². The van der Waals surface area contributed by atoms with E-state index in [0.29, 0.717) is 12.1 Å². The predicted molar refractivity (Wildman–Crippen MR) is 87.2 cm³/mol. The molecule has 1 aromatic carbocycles. The minimum Gasteiger partial charge on any atom is -0.351 e. The number of amides is 2. The fourth-order valence-corrected chi connectivity index (χ4v) is 3.18. The average Bonchev–Trinajstić information content (AvgIpc) is 2.48. The van der Waals surface area contributed by atoms with Crippen molar-refractivity contribution in [2.45, 2.75) is 58.0 Å². The van der Waals surface area contributed by atoms with E-state index in [9.17, 15) is 4.79 Å². The fourth-order valence-electron chi connectivity index (χ4n) is 3.18. The van der Waals surface area contributed by atoms with E-state index in [1.54, 1.807) is 0 Å². The maximum Gasteiger partial charge on any atom is 0.316 e. The molecule has 4 nitrogen and oxygen atoms in total. The van der Waals surface area contributed by atoms with Crippen molar-refractivity contribution in [2.24, 2.45) is 11.7 Å². The molecule has 1 atom stereocenters. The van der Waals surface area contributed by atoms with Crippen LogP contribution in [0.25, 0.3) is 0 Å². The first-order chi connectivity index (χ1) is 10.1. The molecule has 0 spiro atoms. The van der Waals surface area contributed by atoms with E-state index < -0.39 is 6.03 Å². The van der Waals surface area contributed by atoms with Gasteiger partial charge in [-0.05, 0) is 56.2 Å². The Morgan fingerprint density at radius 2 is 1.86 bits per heavy atom. The summed E-state index contributed by atoms with van der Waals surface area (Å²) in [5.41, 5.74) is 7.08. The van der Waals surface area contributed by atoms with Crippen LogP contribution in [0.15, 0.2) is 24.3 Å².